The molecule has 1 N–H and O–H groups in total. The standard InChI is InChI=1S/C19H22FN5O4S/c1-11-16(10-30-23-11)18-6-14(29-22-18)5-13-3-4-24(9-17(13)20)25-8-15(28-19(25)27)7-21-12(2)26/h5-6,10,15,17H,3-4,7-9H2,1-2H3,(H,21,26)/b13-5+/t15-,17+/m0/s1. The van der Waals surface area contributed by atoms with Crippen LogP contribution in [-0.4, -0.2) is 70.0 Å². The molecule has 11 heteroatoms. The van der Waals surface area contributed by atoms with E-state index in [4.69, 9.17) is 9.26 Å². The number of nitrogens with one attached hydrogen (secondary N) is 1. The minimum atomic E-state index is -1.25. The average Bonchev–Trinajstić information content (AvgIpc) is 3.42. The van der Waals surface area contributed by atoms with Crippen LogP contribution in [0.25, 0.3) is 17.3 Å². The van der Waals surface area contributed by atoms with Gasteiger partial charge in [0.05, 0.1) is 25.3 Å². The number of halogens is 1. The van der Waals surface area contributed by atoms with Gasteiger partial charge in [0.15, 0.2) is 5.76 Å². The van der Waals surface area contributed by atoms with Crippen molar-refractivity contribution in [3.63, 3.8) is 0 Å². The lowest BCUT2D eigenvalue weighted by Crippen LogP contribution is -2.50. The number of hydrogen-bond acceptors (Lipinski definition) is 8. The van der Waals surface area contributed by atoms with E-state index in [1.54, 1.807) is 17.2 Å². The van der Waals surface area contributed by atoms with Crippen molar-refractivity contribution in [3.05, 3.63) is 28.5 Å². The van der Waals surface area contributed by atoms with Gasteiger partial charge in [-0.05, 0) is 36.5 Å². The number of carbonyl (C=O) groups is 2. The number of piperidine rings is 1. The van der Waals surface area contributed by atoms with Gasteiger partial charge in [-0.2, -0.15) is 4.37 Å². The number of nitrogens with zero attached hydrogens (tertiary/aromatic N) is 4. The molecule has 2 fully saturated rings. The summed E-state index contributed by atoms with van der Waals surface area (Å²) in [7, 11) is 0. The van der Waals surface area contributed by atoms with Crippen LogP contribution >= 0.6 is 11.5 Å². The molecule has 4 heterocycles. The molecule has 2 saturated heterocycles. The highest BCUT2D eigenvalue weighted by molar-refractivity contribution is 7.04. The van der Waals surface area contributed by atoms with Crippen LogP contribution in [0.15, 0.2) is 21.5 Å². The van der Waals surface area contributed by atoms with E-state index in [1.165, 1.54) is 23.5 Å². The molecule has 0 aromatic carbocycles. The Morgan fingerprint density at radius 2 is 2.30 bits per heavy atom. The highest BCUT2D eigenvalue weighted by atomic mass is 32.1. The van der Waals surface area contributed by atoms with Crippen LogP contribution in [0.4, 0.5) is 9.18 Å². The second-order valence-corrected chi connectivity index (χ2v) is 7.93. The molecule has 160 valence electrons. The predicted molar refractivity (Wildman–Crippen MR) is 107 cm³/mol. The lowest BCUT2D eigenvalue weighted by atomic mass is 10.0. The Balaban J connectivity index is 1.38. The summed E-state index contributed by atoms with van der Waals surface area (Å²) in [5.74, 6) is 0.291. The largest absolute Gasteiger partial charge is 0.441 e. The van der Waals surface area contributed by atoms with E-state index >= 15 is 0 Å². The van der Waals surface area contributed by atoms with Crippen molar-refractivity contribution in [3.8, 4) is 11.3 Å². The van der Waals surface area contributed by atoms with Crippen molar-refractivity contribution in [1.29, 1.82) is 0 Å². The summed E-state index contributed by atoms with van der Waals surface area (Å²) >= 11 is 1.35. The highest BCUT2D eigenvalue weighted by Gasteiger charge is 2.38. The van der Waals surface area contributed by atoms with E-state index in [9.17, 15) is 14.0 Å². The van der Waals surface area contributed by atoms with Crippen molar-refractivity contribution >= 4 is 29.6 Å². The summed E-state index contributed by atoms with van der Waals surface area (Å²) in [5, 5.41) is 11.6. The van der Waals surface area contributed by atoms with Crippen LogP contribution in [-0.2, 0) is 9.53 Å². The fourth-order valence-electron chi connectivity index (χ4n) is 3.50. The quantitative estimate of drug-likeness (QED) is 0.770. The zero-order chi connectivity index (χ0) is 21.3. The zero-order valence-corrected chi connectivity index (χ0v) is 17.4. The molecular weight excluding hydrogens is 413 g/mol. The Morgan fingerprint density at radius 3 is 3.00 bits per heavy atom. The molecule has 2 atom stereocenters. The van der Waals surface area contributed by atoms with Crippen LogP contribution in [0, 0.1) is 6.92 Å². The smallest absolute Gasteiger partial charge is 0.424 e. The number of carbonyl (C=O) groups excluding carboxylic acids is 2. The monoisotopic (exact) mass is 435 g/mol. The summed E-state index contributed by atoms with van der Waals surface area (Å²) in [6, 6.07) is 1.77. The molecule has 2 aliphatic heterocycles. The van der Waals surface area contributed by atoms with Crippen molar-refractivity contribution in [2.75, 3.05) is 26.2 Å². The first-order valence-corrected chi connectivity index (χ1v) is 10.4. The maximum Gasteiger partial charge on any atom is 0.424 e. The van der Waals surface area contributed by atoms with Crippen LogP contribution < -0.4 is 5.32 Å². The minimum absolute atomic E-state index is 0.0440. The maximum absolute atomic E-state index is 14.8. The van der Waals surface area contributed by atoms with Gasteiger partial charge >= 0.3 is 6.09 Å². The molecule has 0 saturated carbocycles. The second kappa shape index (κ2) is 8.52. The summed E-state index contributed by atoms with van der Waals surface area (Å²) in [4.78, 5) is 23.2. The molecular formula is C19H22FN5O4S. The van der Waals surface area contributed by atoms with Gasteiger partial charge in [0, 0.05) is 30.5 Å². The number of amides is 2. The Kier molecular flexibility index (Phi) is 5.82. The van der Waals surface area contributed by atoms with Gasteiger partial charge in [-0.3, -0.25) is 4.79 Å². The fourth-order valence-corrected chi connectivity index (χ4v) is 4.20. The van der Waals surface area contributed by atoms with E-state index in [2.05, 4.69) is 14.8 Å². The van der Waals surface area contributed by atoms with Gasteiger partial charge in [0.2, 0.25) is 5.91 Å². The number of hydrazine groups is 1. The third kappa shape index (κ3) is 4.36. The van der Waals surface area contributed by atoms with E-state index in [1.807, 2.05) is 12.3 Å². The van der Waals surface area contributed by atoms with Crippen LogP contribution in [0.3, 0.4) is 0 Å². The molecule has 2 aromatic rings. The topological polar surface area (TPSA) is 101 Å². The number of aromatic nitrogens is 2. The lowest BCUT2D eigenvalue weighted by Gasteiger charge is -2.35. The Morgan fingerprint density at radius 1 is 1.47 bits per heavy atom. The molecule has 0 aliphatic carbocycles. The summed E-state index contributed by atoms with van der Waals surface area (Å²) in [5.41, 5.74) is 3.04. The average molecular weight is 435 g/mol. The van der Waals surface area contributed by atoms with Gasteiger partial charge < -0.3 is 14.6 Å². The maximum atomic E-state index is 14.8. The first-order valence-electron chi connectivity index (χ1n) is 9.60. The SMILES string of the molecule is CC(=O)NC[C@H]1CN(N2CC/C(=C\c3cc(-c4csnc4C)no3)[C@H](F)C2)C(=O)O1. The lowest BCUT2D eigenvalue weighted by molar-refractivity contribution is -0.119. The van der Waals surface area contributed by atoms with Crippen molar-refractivity contribution < 1.29 is 23.2 Å². The molecule has 0 unspecified atom stereocenters. The third-order valence-corrected chi connectivity index (χ3v) is 5.81. The van der Waals surface area contributed by atoms with Crippen LogP contribution in [0.1, 0.15) is 24.8 Å². The first-order chi connectivity index (χ1) is 14.4. The fraction of sp³-hybridized carbons (Fsp3) is 0.474. The molecule has 0 bridgehead atoms. The zero-order valence-electron chi connectivity index (χ0n) is 16.6. The number of rotatable bonds is 5. The Labute approximate surface area is 176 Å². The van der Waals surface area contributed by atoms with Gasteiger partial charge in [-0.25, -0.2) is 19.2 Å². The molecule has 0 radical (unpaired) electrons. The molecule has 2 aromatic heterocycles. The van der Waals surface area contributed by atoms with Gasteiger partial charge in [-0.1, -0.05) is 5.16 Å². The first kappa shape index (κ1) is 20.5. The molecule has 2 aliphatic rings. The normalized spacial score (nSPS) is 23.8. The van der Waals surface area contributed by atoms with Crippen LogP contribution in [0.5, 0.6) is 0 Å². The molecule has 30 heavy (non-hydrogen) atoms. The van der Waals surface area contributed by atoms with Gasteiger partial charge in [0.1, 0.15) is 18.0 Å². The molecule has 0 spiro atoms. The van der Waals surface area contributed by atoms with Gasteiger partial charge in [-0.15, -0.1) is 0 Å². The Hall–Kier alpha value is -2.79. The van der Waals surface area contributed by atoms with Crippen LogP contribution in [0.2, 0.25) is 0 Å². The van der Waals surface area contributed by atoms with Gasteiger partial charge in [0.25, 0.3) is 0 Å². The number of alkyl halides is 1. The van der Waals surface area contributed by atoms with Crippen molar-refractivity contribution in [2.45, 2.75) is 32.5 Å². The van der Waals surface area contributed by atoms with Crippen molar-refractivity contribution in [2.24, 2.45) is 0 Å². The summed E-state index contributed by atoms with van der Waals surface area (Å²) in [6.07, 6.45) is -0.103. The number of ether oxygens (including phenoxy) is 1. The minimum Gasteiger partial charge on any atom is -0.441 e. The predicted octanol–water partition coefficient (Wildman–Crippen LogP) is 2.41. The van der Waals surface area contributed by atoms with E-state index in [0.29, 0.717) is 30.0 Å². The number of hydrogen-bond donors (Lipinski definition) is 1. The third-order valence-electron chi connectivity index (χ3n) is 5.09. The van der Waals surface area contributed by atoms with Crippen molar-refractivity contribution in [1.82, 2.24) is 24.9 Å². The summed E-state index contributed by atoms with van der Waals surface area (Å²) < 4.78 is 29.7. The number of cyclic esters (lactones) is 1. The van der Waals surface area contributed by atoms with E-state index in [-0.39, 0.29) is 25.5 Å². The number of aryl methyl sites for hydroxylation is 1. The summed E-state index contributed by atoms with van der Waals surface area (Å²) in [6.45, 7) is 4.34. The Bertz CT molecular complexity index is 974. The molecule has 9 nitrogen and oxygen atoms in total. The molecule has 2 amide bonds. The second-order valence-electron chi connectivity index (χ2n) is 7.30. The molecule has 4 rings (SSSR count). The highest BCUT2D eigenvalue weighted by Crippen LogP contribution is 2.28. The van der Waals surface area contributed by atoms with E-state index in [0.717, 1.165) is 11.3 Å². The van der Waals surface area contributed by atoms with E-state index < -0.39 is 18.4 Å².